The Morgan fingerprint density at radius 2 is 1.88 bits per heavy atom. The minimum atomic E-state index is -2.19. The first-order chi connectivity index (χ1) is 11.6. The lowest BCUT2D eigenvalue weighted by Gasteiger charge is -2.37. The first-order valence-electron chi connectivity index (χ1n) is 8.49. The van der Waals surface area contributed by atoms with Crippen molar-refractivity contribution in [2.45, 2.75) is 51.9 Å². The van der Waals surface area contributed by atoms with Crippen LogP contribution in [0.5, 0.6) is 0 Å². The number of amides is 2. The number of nitrogens with zero attached hydrogens (tertiary/aromatic N) is 1. The minimum absolute atomic E-state index is 0.0497. The van der Waals surface area contributed by atoms with Crippen molar-refractivity contribution in [2.24, 2.45) is 0 Å². The van der Waals surface area contributed by atoms with E-state index in [2.05, 4.69) is 33.9 Å². The Hall–Kier alpha value is -2.08. The molecule has 0 radical (unpaired) electrons. The molecule has 5 nitrogen and oxygen atoms in total. The van der Waals surface area contributed by atoms with Crippen molar-refractivity contribution < 1.29 is 18.8 Å². The summed E-state index contributed by atoms with van der Waals surface area (Å²) in [5, 5.41) is -0.0497. The molecule has 1 aromatic carbocycles. The number of carbonyl (C=O) groups excluding carboxylic acids is 2. The highest BCUT2D eigenvalue weighted by atomic mass is 28.4. The van der Waals surface area contributed by atoms with Crippen molar-refractivity contribution in [2.75, 3.05) is 6.61 Å². The fourth-order valence-corrected chi connectivity index (χ4v) is 3.40. The van der Waals surface area contributed by atoms with E-state index in [0.29, 0.717) is 0 Å². The molecule has 1 atom stereocenters. The first kappa shape index (κ1) is 19.2. The minimum Gasteiger partial charge on any atom is -0.540 e. The summed E-state index contributed by atoms with van der Waals surface area (Å²) in [5.41, 5.74) is 0.865. The van der Waals surface area contributed by atoms with Crippen LogP contribution < -0.4 is 0 Å². The second-order valence-corrected chi connectivity index (χ2v) is 12.4. The summed E-state index contributed by atoms with van der Waals surface area (Å²) in [6, 6.07) is 8.99. The lowest BCUT2D eigenvalue weighted by molar-refractivity contribution is -0.127. The van der Waals surface area contributed by atoms with Crippen LogP contribution in [0.1, 0.15) is 39.3 Å². The number of ether oxygens (including phenoxy) is 1. The van der Waals surface area contributed by atoms with Gasteiger partial charge in [0.25, 0.3) is 14.2 Å². The van der Waals surface area contributed by atoms with Crippen LogP contribution in [0.4, 0.5) is 4.79 Å². The van der Waals surface area contributed by atoms with Gasteiger partial charge in [-0.25, -0.2) is 9.69 Å². The van der Waals surface area contributed by atoms with E-state index in [4.69, 9.17) is 9.16 Å². The van der Waals surface area contributed by atoms with Gasteiger partial charge in [-0.05, 0) is 36.7 Å². The Bertz CT molecular complexity index is 676. The van der Waals surface area contributed by atoms with E-state index >= 15 is 0 Å². The molecule has 0 N–H and O–H groups in total. The number of allylic oxidation sites excluding steroid dienone is 1. The maximum Gasteiger partial charge on any atom is 0.417 e. The quantitative estimate of drug-likeness (QED) is 0.446. The molecule has 2 amide bonds. The zero-order valence-electron chi connectivity index (χ0n) is 15.8. The fourth-order valence-electron chi connectivity index (χ4n) is 2.34. The lowest BCUT2D eigenvalue weighted by Crippen LogP contribution is -2.44. The van der Waals surface area contributed by atoms with Crippen LogP contribution in [-0.4, -0.2) is 31.8 Å². The monoisotopic (exact) mass is 361 g/mol. The molecule has 0 unspecified atom stereocenters. The number of hydrogen-bond acceptors (Lipinski definition) is 4. The number of rotatable bonds is 4. The summed E-state index contributed by atoms with van der Waals surface area (Å²) in [4.78, 5) is 26.4. The number of carbonyl (C=O) groups is 2. The maximum absolute atomic E-state index is 13.0. The fraction of sp³-hybridized carbons (Fsp3) is 0.474. The van der Waals surface area contributed by atoms with Crippen molar-refractivity contribution in [3.63, 3.8) is 0 Å². The third kappa shape index (κ3) is 3.95. The Morgan fingerprint density at radius 3 is 2.40 bits per heavy atom. The van der Waals surface area contributed by atoms with E-state index in [-0.39, 0.29) is 17.4 Å². The summed E-state index contributed by atoms with van der Waals surface area (Å²) in [7, 11) is -2.19. The van der Waals surface area contributed by atoms with Crippen LogP contribution in [-0.2, 0) is 14.0 Å². The predicted octanol–water partition coefficient (Wildman–Crippen LogP) is 4.63. The second kappa shape index (κ2) is 7.04. The van der Waals surface area contributed by atoms with Gasteiger partial charge in [-0.15, -0.1) is 0 Å². The standard InChI is InChI=1S/C19H27NO4Si/c1-7-16(24-25(5,6)19(2,3)4)17(21)20-15(13-23-18(20)22)14-11-9-8-10-12-14/h7-12,15H,13H2,1-6H3/t15-/m0/s1. The molecule has 25 heavy (non-hydrogen) atoms. The molecule has 0 aromatic heterocycles. The number of benzene rings is 1. The third-order valence-corrected chi connectivity index (χ3v) is 9.26. The molecular formula is C19H27NO4Si. The highest BCUT2D eigenvalue weighted by molar-refractivity contribution is 6.74. The molecule has 0 spiro atoms. The van der Waals surface area contributed by atoms with E-state index in [1.54, 1.807) is 13.0 Å². The third-order valence-electron chi connectivity index (χ3n) is 4.92. The average molecular weight is 362 g/mol. The van der Waals surface area contributed by atoms with Gasteiger partial charge in [0.2, 0.25) is 0 Å². The number of imide groups is 1. The molecule has 1 fully saturated rings. The van der Waals surface area contributed by atoms with Gasteiger partial charge in [0.1, 0.15) is 12.6 Å². The van der Waals surface area contributed by atoms with E-state index in [1.165, 1.54) is 0 Å². The normalized spacial score (nSPS) is 19.0. The van der Waals surface area contributed by atoms with E-state index in [0.717, 1.165) is 10.5 Å². The molecule has 0 saturated carbocycles. The van der Waals surface area contributed by atoms with Gasteiger partial charge in [0, 0.05) is 0 Å². The molecule has 1 aromatic rings. The highest BCUT2D eigenvalue weighted by Gasteiger charge is 2.44. The maximum atomic E-state index is 13.0. The molecule has 2 rings (SSSR count). The molecule has 6 heteroatoms. The van der Waals surface area contributed by atoms with Crippen molar-refractivity contribution in [3.05, 3.63) is 47.7 Å². The van der Waals surface area contributed by atoms with Gasteiger partial charge in [0.15, 0.2) is 5.76 Å². The van der Waals surface area contributed by atoms with Gasteiger partial charge in [-0.3, -0.25) is 4.79 Å². The molecule has 1 saturated heterocycles. The summed E-state index contributed by atoms with van der Waals surface area (Å²) >= 11 is 0. The first-order valence-corrected chi connectivity index (χ1v) is 11.4. The van der Waals surface area contributed by atoms with Crippen LogP contribution >= 0.6 is 0 Å². The summed E-state index contributed by atoms with van der Waals surface area (Å²) in [6.07, 6.45) is 1.01. The summed E-state index contributed by atoms with van der Waals surface area (Å²) < 4.78 is 11.3. The van der Waals surface area contributed by atoms with Crippen LogP contribution in [0, 0.1) is 0 Å². The Balaban J connectivity index is 2.28. The lowest BCUT2D eigenvalue weighted by atomic mass is 10.1. The van der Waals surface area contributed by atoms with E-state index in [1.807, 2.05) is 30.3 Å². The van der Waals surface area contributed by atoms with Crippen molar-refractivity contribution in [1.29, 1.82) is 0 Å². The van der Waals surface area contributed by atoms with Crippen LogP contribution in [0.3, 0.4) is 0 Å². The molecule has 1 aliphatic rings. The molecule has 136 valence electrons. The van der Waals surface area contributed by atoms with Crippen LogP contribution in [0.25, 0.3) is 0 Å². The van der Waals surface area contributed by atoms with Gasteiger partial charge in [-0.1, -0.05) is 51.1 Å². The van der Waals surface area contributed by atoms with Crippen molar-refractivity contribution >= 4 is 20.3 Å². The van der Waals surface area contributed by atoms with Gasteiger partial charge in [-0.2, -0.15) is 0 Å². The number of cyclic esters (lactones) is 1. The van der Waals surface area contributed by atoms with E-state index < -0.39 is 26.4 Å². The zero-order valence-corrected chi connectivity index (χ0v) is 16.8. The molecule has 0 aliphatic carbocycles. The average Bonchev–Trinajstić information content (AvgIpc) is 2.93. The molecular weight excluding hydrogens is 334 g/mol. The van der Waals surface area contributed by atoms with Crippen molar-refractivity contribution in [3.8, 4) is 0 Å². The SMILES string of the molecule is CC=C(O[Si](C)(C)C(C)(C)C)C(=O)N1C(=O)OC[C@H]1c1ccccc1. The second-order valence-electron chi connectivity index (χ2n) is 7.69. The van der Waals surface area contributed by atoms with Crippen LogP contribution in [0.2, 0.25) is 18.1 Å². The Labute approximate surface area is 150 Å². The highest BCUT2D eigenvalue weighted by Crippen LogP contribution is 2.39. The molecule has 0 bridgehead atoms. The predicted molar refractivity (Wildman–Crippen MR) is 99.4 cm³/mol. The molecule has 1 aliphatic heterocycles. The van der Waals surface area contributed by atoms with Crippen LogP contribution in [0.15, 0.2) is 42.2 Å². The Kier molecular flexibility index (Phi) is 5.42. The van der Waals surface area contributed by atoms with E-state index in [9.17, 15) is 9.59 Å². The smallest absolute Gasteiger partial charge is 0.417 e. The van der Waals surface area contributed by atoms with Gasteiger partial charge in [0.05, 0.1) is 0 Å². The zero-order chi connectivity index (χ0) is 18.8. The molecule has 1 heterocycles. The van der Waals surface area contributed by atoms with Gasteiger partial charge >= 0.3 is 6.09 Å². The van der Waals surface area contributed by atoms with Gasteiger partial charge < -0.3 is 9.16 Å². The largest absolute Gasteiger partial charge is 0.540 e. The summed E-state index contributed by atoms with van der Waals surface area (Å²) in [6.45, 7) is 12.4. The number of hydrogen-bond donors (Lipinski definition) is 0. The summed E-state index contributed by atoms with van der Waals surface area (Å²) in [5.74, 6) is -0.227. The van der Waals surface area contributed by atoms with Crippen molar-refractivity contribution in [1.82, 2.24) is 4.90 Å². The topological polar surface area (TPSA) is 55.8 Å². The Morgan fingerprint density at radius 1 is 1.28 bits per heavy atom.